The predicted octanol–water partition coefficient (Wildman–Crippen LogP) is 1.70. The fraction of sp³-hybridized carbons (Fsp3) is 0.533. The Kier molecular flexibility index (Phi) is 4.10. The Morgan fingerprint density at radius 3 is 2.68 bits per heavy atom. The summed E-state index contributed by atoms with van der Waals surface area (Å²) in [5, 5.41) is 9.14. The van der Waals surface area contributed by atoms with Crippen LogP contribution in [0, 0.1) is 6.92 Å². The third-order valence-electron chi connectivity index (χ3n) is 3.44. The molecule has 1 aromatic carbocycles. The minimum absolute atomic E-state index is 0.0349. The Bertz CT molecular complexity index is 464. The number of hydrogen-bond acceptors (Lipinski definition) is 3. The molecule has 0 saturated carbocycles. The summed E-state index contributed by atoms with van der Waals surface area (Å²) in [6.45, 7) is 7.24. The lowest BCUT2D eigenvalue weighted by atomic mass is 9.98. The first-order valence-corrected chi connectivity index (χ1v) is 6.66. The standard InChI is InChI=1S/C15H21NO3/c1-10(2)14-5-4-13(6-11(14)3)19-9-15(18)16-7-12(17)8-16/h4-6,10,12,17H,7-9H2,1-3H3. The number of aryl methyl sites for hydroxylation is 1. The molecule has 4 heteroatoms. The van der Waals surface area contributed by atoms with Crippen molar-refractivity contribution in [2.75, 3.05) is 19.7 Å². The van der Waals surface area contributed by atoms with Gasteiger partial charge in [0, 0.05) is 13.1 Å². The van der Waals surface area contributed by atoms with Crippen LogP contribution < -0.4 is 4.74 Å². The van der Waals surface area contributed by atoms with Gasteiger partial charge in [-0.3, -0.25) is 4.79 Å². The van der Waals surface area contributed by atoms with Gasteiger partial charge >= 0.3 is 0 Å². The summed E-state index contributed by atoms with van der Waals surface area (Å²) in [4.78, 5) is 13.3. The number of carbonyl (C=O) groups is 1. The van der Waals surface area contributed by atoms with E-state index in [1.807, 2.05) is 18.2 Å². The lowest BCUT2D eigenvalue weighted by Gasteiger charge is -2.35. The van der Waals surface area contributed by atoms with Crippen LogP contribution in [0.1, 0.15) is 30.9 Å². The number of benzene rings is 1. The van der Waals surface area contributed by atoms with Crippen molar-refractivity contribution in [3.8, 4) is 5.75 Å². The summed E-state index contributed by atoms with van der Waals surface area (Å²) in [5.74, 6) is 1.13. The third-order valence-corrected chi connectivity index (χ3v) is 3.44. The quantitative estimate of drug-likeness (QED) is 0.899. The van der Waals surface area contributed by atoms with Crippen LogP contribution in [0.3, 0.4) is 0 Å². The number of nitrogens with zero attached hydrogens (tertiary/aromatic N) is 1. The summed E-state index contributed by atoms with van der Waals surface area (Å²) in [6, 6.07) is 5.92. The molecule has 1 aliphatic rings. The Morgan fingerprint density at radius 2 is 2.16 bits per heavy atom. The van der Waals surface area contributed by atoms with E-state index in [2.05, 4.69) is 20.8 Å². The average molecular weight is 263 g/mol. The van der Waals surface area contributed by atoms with E-state index in [0.717, 1.165) is 5.75 Å². The third kappa shape index (κ3) is 3.26. The van der Waals surface area contributed by atoms with Gasteiger partial charge in [-0.05, 0) is 36.1 Å². The first-order valence-electron chi connectivity index (χ1n) is 6.66. The molecular weight excluding hydrogens is 242 g/mol. The molecule has 0 unspecified atom stereocenters. The van der Waals surface area contributed by atoms with Gasteiger partial charge in [-0.25, -0.2) is 0 Å². The van der Waals surface area contributed by atoms with Crippen molar-refractivity contribution in [3.63, 3.8) is 0 Å². The van der Waals surface area contributed by atoms with Crippen LogP contribution >= 0.6 is 0 Å². The van der Waals surface area contributed by atoms with Crippen molar-refractivity contribution in [1.82, 2.24) is 4.90 Å². The van der Waals surface area contributed by atoms with E-state index in [9.17, 15) is 4.79 Å². The second kappa shape index (κ2) is 5.61. The molecule has 0 radical (unpaired) electrons. The van der Waals surface area contributed by atoms with Crippen molar-refractivity contribution in [1.29, 1.82) is 0 Å². The summed E-state index contributed by atoms with van der Waals surface area (Å²) < 4.78 is 5.50. The molecule has 0 spiro atoms. The SMILES string of the molecule is Cc1cc(OCC(=O)N2CC(O)C2)ccc1C(C)C. The summed E-state index contributed by atoms with van der Waals surface area (Å²) in [7, 11) is 0. The first-order chi connectivity index (χ1) is 8.97. The van der Waals surface area contributed by atoms with Crippen molar-refractivity contribution in [2.24, 2.45) is 0 Å². The summed E-state index contributed by atoms with van der Waals surface area (Å²) in [5.41, 5.74) is 2.48. The van der Waals surface area contributed by atoms with Crippen LogP contribution in [0.25, 0.3) is 0 Å². The molecule has 0 aliphatic carbocycles. The zero-order valence-electron chi connectivity index (χ0n) is 11.7. The molecule has 1 amide bonds. The average Bonchev–Trinajstić information content (AvgIpc) is 2.31. The highest BCUT2D eigenvalue weighted by Gasteiger charge is 2.28. The maximum absolute atomic E-state index is 11.7. The van der Waals surface area contributed by atoms with Gasteiger partial charge in [0.25, 0.3) is 5.91 Å². The highest BCUT2D eigenvalue weighted by atomic mass is 16.5. The number of rotatable bonds is 4. The minimum atomic E-state index is -0.364. The lowest BCUT2D eigenvalue weighted by Crippen LogP contribution is -2.54. The van der Waals surface area contributed by atoms with E-state index < -0.39 is 0 Å². The Labute approximate surface area is 114 Å². The molecule has 4 nitrogen and oxygen atoms in total. The van der Waals surface area contributed by atoms with Gasteiger partial charge in [0.2, 0.25) is 0 Å². The Morgan fingerprint density at radius 1 is 1.47 bits per heavy atom. The van der Waals surface area contributed by atoms with Crippen LogP contribution in [0.15, 0.2) is 18.2 Å². The van der Waals surface area contributed by atoms with Crippen LogP contribution in [0.4, 0.5) is 0 Å². The van der Waals surface area contributed by atoms with Gasteiger partial charge in [-0.2, -0.15) is 0 Å². The first kappa shape index (κ1) is 13.9. The van der Waals surface area contributed by atoms with E-state index in [-0.39, 0.29) is 18.6 Å². The number of hydrogen-bond donors (Lipinski definition) is 1. The van der Waals surface area contributed by atoms with Crippen molar-refractivity contribution in [3.05, 3.63) is 29.3 Å². The number of amides is 1. The van der Waals surface area contributed by atoms with Crippen LogP contribution in [0.2, 0.25) is 0 Å². The molecule has 19 heavy (non-hydrogen) atoms. The number of ether oxygens (including phenoxy) is 1. The molecular formula is C15H21NO3. The van der Waals surface area contributed by atoms with E-state index >= 15 is 0 Å². The molecule has 0 atom stereocenters. The number of aliphatic hydroxyl groups is 1. The second-order valence-corrected chi connectivity index (χ2v) is 5.41. The smallest absolute Gasteiger partial charge is 0.260 e. The highest BCUT2D eigenvalue weighted by Crippen LogP contribution is 2.23. The summed E-state index contributed by atoms with van der Waals surface area (Å²) in [6.07, 6.45) is -0.364. The van der Waals surface area contributed by atoms with Gasteiger partial charge in [0.05, 0.1) is 6.10 Å². The zero-order chi connectivity index (χ0) is 14.0. The lowest BCUT2D eigenvalue weighted by molar-refractivity contribution is -0.143. The van der Waals surface area contributed by atoms with Crippen LogP contribution in [-0.4, -0.2) is 41.7 Å². The van der Waals surface area contributed by atoms with Gasteiger partial charge in [0.1, 0.15) is 5.75 Å². The zero-order valence-corrected chi connectivity index (χ0v) is 11.7. The molecule has 0 bridgehead atoms. The number of β-amino-alcohol motifs (C(OH)–C–C–N with tert-alkyl or cyclic N) is 1. The van der Waals surface area contributed by atoms with Crippen molar-refractivity contribution < 1.29 is 14.6 Å². The molecule has 1 saturated heterocycles. The van der Waals surface area contributed by atoms with Crippen molar-refractivity contribution in [2.45, 2.75) is 32.8 Å². The number of aliphatic hydroxyl groups excluding tert-OH is 1. The van der Waals surface area contributed by atoms with Gasteiger partial charge in [0.15, 0.2) is 6.61 Å². The molecule has 1 N–H and O–H groups in total. The minimum Gasteiger partial charge on any atom is -0.484 e. The van der Waals surface area contributed by atoms with E-state index in [4.69, 9.17) is 9.84 Å². The second-order valence-electron chi connectivity index (χ2n) is 5.41. The highest BCUT2D eigenvalue weighted by molar-refractivity contribution is 5.78. The molecule has 104 valence electrons. The fourth-order valence-electron chi connectivity index (χ4n) is 2.28. The predicted molar refractivity (Wildman–Crippen MR) is 73.3 cm³/mol. The van der Waals surface area contributed by atoms with Gasteiger partial charge < -0.3 is 14.7 Å². The topological polar surface area (TPSA) is 49.8 Å². The molecule has 2 rings (SSSR count). The number of likely N-dealkylation sites (tertiary alicyclic amines) is 1. The number of carbonyl (C=O) groups excluding carboxylic acids is 1. The van der Waals surface area contributed by atoms with E-state index in [1.54, 1.807) is 4.90 Å². The normalized spacial score (nSPS) is 15.5. The van der Waals surface area contributed by atoms with E-state index in [0.29, 0.717) is 19.0 Å². The largest absolute Gasteiger partial charge is 0.484 e. The fourth-order valence-corrected chi connectivity index (χ4v) is 2.28. The molecule has 1 heterocycles. The molecule has 0 aromatic heterocycles. The van der Waals surface area contributed by atoms with Gasteiger partial charge in [-0.15, -0.1) is 0 Å². The Balaban J connectivity index is 1.89. The molecule has 1 aromatic rings. The van der Waals surface area contributed by atoms with Gasteiger partial charge in [-0.1, -0.05) is 19.9 Å². The van der Waals surface area contributed by atoms with E-state index in [1.165, 1.54) is 11.1 Å². The maximum Gasteiger partial charge on any atom is 0.260 e. The molecule has 1 aliphatic heterocycles. The van der Waals surface area contributed by atoms with Crippen LogP contribution in [-0.2, 0) is 4.79 Å². The Hall–Kier alpha value is -1.55. The van der Waals surface area contributed by atoms with Crippen molar-refractivity contribution >= 4 is 5.91 Å². The maximum atomic E-state index is 11.7. The molecule has 1 fully saturated rings. The summed E-state index contributed by atoms with van der Waals surface area (Å²) >= 11 is 0. The monoisotopic (exact) mass is 263 g/mol. The van der Waals surface area contributed by atoms with Crippen LogP contribution in [0.5, 0.6) is 5.75 Å².